The molecule has 0 aliphatic heterocycles. The largest absolute Gasteiger partial charge is 0.378 e. The van der Waals surface area contributed by atoms with Gasteiger partial charge < -0.3 is 61.2 Å². The maximum atomic E-state index is 13.8. The minimum Gasteiger partial charge on any atom is -0.378 e. The molecular weight excluding hydrogens is 925 g/mol. The Morgan fingerprint density at radius 2 is 1.24 bits per heavy atom. The monoisotopic (exact) mass is 1040 g/mol. The number of amides is 3. The van der Waals surface area contributed by atoms with Crippen molar-refractivity contribution in [1.82, 2.24) is 15.5 Å². The molecule has 0 aromatic heterocycles. The number of hydrogen-bond acceptors (Lipinski definition) is 11. The number of ether oxygens (including phenoxy) is 6. The van der Waals surface area contributed by atoms with Crippen LogP contribution in [-0.2, 0) is 33.2 Å². The first kappa shape index (κ1) is 64.9. The highest BCUT2D eigenvalue weighted by molar-refractivity contribution is 6.33. The zero-order chi connectivity index (χ0) is 52.3. The second-order valence-corrected chi connectivity index (χ2v) is 24.4. The molecule has 0 bridgehead atoms. The lowest BCUT2D eigenvalue weighted by Crippen LogP contribution is -2.51. The van der Waals surface area contributed by atoms with Crippen molar-refractivity contribution in [1.29, 1.82) is 0 Å². The lowest BCUT2D eigenvalue weighted by atomic mass is 9.54. The van der Waals surface area contributed by atoms with Crippen LogP contribution in [0.2, 0.25) is 12.6 Å². The Balaban J connectivity index is 1.59. The van der Waals surface area contributed by atoms with Crippen LogP contribution in [0, 0.1) is 40.4 Å². The van der Waals surface area contributed by atoms with Crippen LogP contribution in [0.25, 0.3) is 0 Å². The molecule has 8 N–H and O–H groups in total. The number of nitrogens with one attached hydrogen (secondary N) is 2. The summed E-state index contributed by atoms with van der Waals surface area (Å²) in [5, 5.41) is 6.10. The normalized spacial score (nSPS) is 27.2. The summed E-state index contributed by atoms with van der Waals surface area (Å²) in [5.74, 6) is 2.60. The number of rotatable bonds is 41. The number of nitrogens with two attached hydrogens (primary N) is 3. The van der Waals surface area contributed by atoms with Crippen molar-refractivity contribution in [2.75, 3.05) is 105 Å². The summed E-state index contributed by atoms with van der Waals surface area (Å²) in [6.45, 7) is 24.1. The fourth-order valence-corrected chi connectivity index (χ4v) is 13.6. The molecule has 424 valence electrons. The van der Waals surface area contributed by atoms with E-state index in [1.807, 2.05) is 0 Å². The lowest BCUT2D eigenvalue weighted by molar-refractivity contribution is -0.135. The maximum Gasteiger partial charge on any atom is 0.317 e. The molecule has 0 aromatic rings. The van der Waals surface area contributed by atoms with Gasteiger partial charge in [0.15, 0.2) is 0 Å². The molecule has 3 rings (SSSR count). The molecule has 3 aliphatic carbocycles. The third-order valence-corrected chi connectivity index (χ3v) is 18.7. The Morgan fingerprint density at radius 1 is 0.653 bits per heavy atom. The van der Waals surface area contributed by atoms with Gasteiger partial charge in [0.25, 0.3) is 0 Å². The Kier molecular flexibility index (Phi) is 35.2. The molecule has 0 aromatic carbocycles. The summed E-state index contributed by atoms with van der Waals surface area (Å²) < 4.78 is 37.6. The third-order valence-electron chi connectivity index (χ3n) is 17.5. The minimum absolute atomic E-state index is 0.00797. The highest BCUT2D eigenvalue weighted by Crippen LogP contribution is 2.60. The molecule has 3 amide bonds. The average molecular weight is 1040 g/mol. The standard InChI is InChI=1S/C57H114N6O8Si/c1-7-8-9-10-11-13-30-63(55(65)62-29-36-67-38-40-68-39-37-66-35-28-61-54(64)20-12-14-41-72-6)31-15-19-46(2)52-22-21-48-43-51(70-33-17-26-59)45-49-44-50(69-32-16-25-58)23-24-56(49,4)47(3)42-53(57(48,52)5)71-34-18-27-60/h46-53H,7-45,58-60,72H2,1-6H3,(H,61,64)(H,62,65)/t46-,47-,48+,49?,50-,51+,52-,53+,56-,57+/m1/s1. The zero-order valence-corrected chi connectivity index (χ0v) is 48.8. The lowest BCUT2D eigenvalue weighted by Gasteiger charge is -2.54. The average Bonchev–Trinajstić information content (AvgIpc) is 3.70. The van der Waals surface area contributed by atoms with Gasteiger partial charge in [-0.15, -0.1) is 0 Å². The Hall–Kier alpha value is -1.40. The first-order valence-electron chi connectivity index (χ1n) is 30.0. The van der Waals surface area contributed by atoms with Crippen molar-refractivity contribution in [2.24, 2.45) is 57.6 Å². The minimum atomic E-state index is -0.00823. The van der Waals surface area contributed by atoms with E-state index in [0.717, 1.165) is 110 Å². The summed E-state index contributed by atoms with van der Waals surface area (Å²) in [5.41, 5.74) is 18.1. The number of carbonyl (C=O) groups excluding carboxylic acids is 2. The van der Waals surface area contributed by atoms with Gasteiger partial charge in [-0.2, -0.15) is 0 Å². The molecule has 0 heterocycles. The molecule has 10 atom stereocenters. The second kappa shape index (κ2) is 39.0. The van der Waals surface area contributed by atoms with Gasteiger partial charge in [-0.25, -0.2) is 4.79 Å². The first-order valence-corrected chi connectivity index (χ1v) is 32.4. The van der Waals surface area contributed by atoms with E-state index in [2.05, 4.69) is 56.7 Å². The molecule has 14 nitrogen and oxygen atoms in total. The van der Waals surface area contributed by atoms with Gasteiger partial charge in [0.05, 0.1) is 58.0 Å². The predicted molar refractivity (Wildman–Crippen MR) is 298 cm³/mol. The second-order valence-electron chi connectivity index (χ2n) is 22.7. The first-order chi connectivity index (χ1) is 35.0. The number of nitrogens with zero attached hydrogens (tertiary/aromatic N) is 1. The van der Waals surface area contributed by atoms with Crippen LogP contribution in [0.5, 0.6) is 0 Å². The van der Waals surface area contributed by atoms with Crippen molar-refractivity contribution in [2.45, 2.75) is 207 Å². The van der Waals surface area contributed by atoms with E-state index < -0.39 is 0 Å². The van der Waals surface area contributed by atoms with Crippen LogP contribution >= 0.6 is 0 Å². The van der Waals surface area contributed by atoms with E-state index in [-0.39, 0.29) is 50.6 Å². The molecule has 0 saturated heterocycles. The Morgan fingerprint density at radius 3 is 1.90 bits per heavy atom. The van der Waals surface area contributed by atoms with Gasteiger partial charge in [0.2, 0.25) is 5.91 Å². The van der Waals surface area contributed by atoms with Crippen molar-refractivity contribution in [3.05, 3.63) is 0 Å². The van der Waals surface area contributed by atoms with Gasteiger partial charge >= 0.3 is 6.03 Å². The smallest absolute Gasteiger partial charge is 0.317 e. The van der Waals surface area contributed by atoms with Crippen molar-refractivity contribution in [3.8, 4) is 0 Å². The number of unbranched alkanes of at least 4 members (excludes halogenated alkanes) is 6. The summed E-state index contributed by atoms with van der Waals surface area (Å²) in [4.78, 5) is 27.8. The molecule has 72 heavy (non-hydrogen) atoms. The van der Waals surface area contributed by atoms with Crippen LogP contribution in [-0.4, -0.2) is 150 Å². The van der Waals surface area contributed by atoms with E-state index >= 15 is 0 Å². The summed E-state index contributed by atoms with van der Waals surface area (Å²) in [6.07, 6.45) is 24.1. The van der Waals surface area contributed by atoms with E-state index in [1.165, 1.54) is 51.0 Å². The number of carbonyl (C=O) groups is 2. The number of hydrogen-bond donors (Lipinski definition) is 5. The summed E-state index contributed by atoms with van der Waals surface area (Å²) >= 11 is 0. The van der Waals surface area contributed by atoms with E-state index in [1.54, 1.807) is 0 Å². The van der Waals surface area contributed by atoms with E-state index in [4.69, 9.17) is 45.6 Å². The van der Waals surface area contributed by atoms with Gasteiger partial charge in [0.1, 0.15) is 0 Å². The molecule has 3 fully saturated rings. The van der Waals surface area contributed by atoms with Gasteiger partial charge in [-0.3, -0.25) is 4.79 Å². The number of fused-ring (bicyclic) bond motifs is 2. The maximum absolute atomic E-state index is 13.8. The SMILES string of the molecule is CCCCCCCCN(CCC[C@@H](C)[C@H]1CC[C@H]2C[C@H](OCCCN)CC3C[C@H](OCCCN)CC[C@]3(C)[C@H](C)C[C@H](OCCCN)[C@@]21C)C(=O)NCCOCCOCCOCCNC(=O)CCCC[SiH2]C. The fourth-order valence-electron chi connectivity index (χ4n) is 12.7. The van der Waals surface area contributed by atoms with Gasteiger partial charge in [-0.1, -0.05) is 85.7 Å². The van der Waals surface area contributed by atoms with Crippen LogP contribution < -0.4 is 27.8 Å². The highest BCUT2D eigenvalue weighted by atomic mass is 28.2. The van der Waals surface area contributed by atoms with Gasteiger partial charge in [-0.05, 0) is 156 Å². The molecule has 15 heteroatoms. The molecule has 3 saturated carbocycles. The van der Waals surface area contributed by atoms with Crippen molar-refractivity contribution in [3.63, 3.8) is 0 Å². The molecule has 3 aliphatic rings. The van der Waals surface area contributed by atoms with Crippen molar-refractivity contribution < 1.29 is 38.0 Å². The zero-order valence-electron chi connectivity index (χ0n) is 47.3. The summed E-state index contributed by atoms with van der Waals surface area (Å²) in [6, 6.07) is 1.32. The molecule has 0 radical (unpaired) electrons. The van der Waals surface area contributed by atoms with E-state index in [9.17, 15) is 9.59 Å². The highest BCUT2D eigenvalue weighted by Gasteiger charge is 2.56. The van der Waals surface area contributed by atoms with Crippen LogP contribution in [0.3, 0.4) is 0 Å². The quantitative estimate of drug-likeness (QED) is 0.0291. The van der Waals surface area contributed by atoms with Crippen LogP contribution in [0.1, 0.15) is 176 Å². The van der Waals surface area contributed by atoms with Gasteiger partial charge in [0, 0.05) is 61.9 Å². The van der Waals surface area contributed by atoms with Crippen LogP contribution in [0.15, 0.2) is 0 Å². The molecular formula is C57H114N6O8Si. The molecule has 1 unspecified atom stereocenters. The molecule has 0 spiro atoms. The summed E-state index contributed by atoms with van der Waals surface area (Å²) in [7, 11) is 0.0970. The Labute approximate surface area is 443 Å². The number of urea groups is 1. The third kappa shape index (κ3) is 23.9. The predicted octanol–water partition coefficient (Wildman–Crippen LogP) is 8.61. The Bertz CT molecular complexity index is 1380. The van der Waals surface area contributed by atoms with Crippen LogP contribution in [0.4, 0.5) is 4.79 Å². The topological polar surface area (TPSA) is 195 Å². The van der Waals surface area contributed by atoms with E-state index in [0.29, 0.717) is 122 Å². The fraction of sp³-hybridized carbons (Fsp3) is 0.965. The van der Waals surface area contributed by atoms with Crippen molar-refractivity contribution >= 4 is 21.5 Å².